The van der Waals surface area contributed by atoms with Gasteiger partial charge in [0, 0.05) is 31.0 Å². The highest BCUT2D eigenvalue weighted by atomic mass is 15.2. The van der Waals surface area contributed by atoms with Crippen LogP contribution in [0.5, 0.6) is 0 Å². The Morgan fingerprint density at radius 1 is 1.31 bits per heavy atom. The second-order valence-electron chi connectivity index (χ2n) is 4.79. The van der Waals surface area contributed by atoms with Gasteiger partial charge in [0.05, 0.1) is 0 Å². The summed E-state index contributed by atoms with van der Waals surface area (Å²) in [5.41, 5.74) is 7.19. The Morgan fingerprint density at radius 3 is 2.44 bits per heavy atom. The van der Waals surface area contributed by atoms with Crippen LogP contribution in [0.1, 0.15) is 32.8 Å². The van der Waals surface area contributed by atoms with Crippen molar-refractivity contribution >= 4 is 0 Å². The van der Waals surface area contributed by atoms with Gasteiger partial charge in [-0.3, -0.25) is 9.88 Å². The van der Waals surface area contributed by atoms with Crippen molar-refractivity contribution in [2.24, 2.45) is 5.73 Å². The Hall–Kier alpha value is -0.930. The van der Waals surface area contributed by atoms with Gasteiger partial charge >= 0.3 is 0 Å². The van der Waals surface area contributed by atoms with Crippen molar-refractivity contribution in [3.05, 3.63) is 30.1 Å². The van der Waals surface area contributed by atoms with Crippen LogP contribution in [0.2, 0.25) is 0 Å². The van der Waals surface area contributed by atoms with Crippen LogP contribution in [0, 0.1) is 0 Å². The van der Waals surface area contributed by atoms with Gasteiger partial charge in [0.1, 0.15) is 0 Å². The van der Waals surface area contributed by atoms with Gasteiger partial charge in [-0.25, -0.2) is 0 Å². The summed E-state index contributed by atoms with van der Waals surface area (Å²) in [4.78, 5) is 6.47. The second-order valence-corrected chi connectivity index (χ2v) is 4.79. The Labute approximate surface area is 98.7 Å². The lowest BCUT2D eigenvalue weighted by Crippen LogP contribution is -2.49. The zero-order chi connectivity index (χ0) is 12.0. The highest BCUT2D eigenvalue weighted by Crippen LogP contribution is 2.16. The molecule has 3 nitrogen and oxygen atoms in total. The van der Waals surface area contributed by atoms with Crippen molar-refractivity contribution < 1.29 is 0 Å². The molecule has 0 bridgehead atoms. The summed E-state index contributed by atoms with van der Waals surface area (Å²) in [7, 11) is 0. The summed E-state index contributed by atoms with van der Waals surface area (Å²) < 4.78 is 0. The topological polar surface area (TPSA) is 42.2 Å². The summed E-state index contributed by atoms with van der Waals surface area (Å²) in [6.45, 7) is 9.30. The maximum Gasteiger partial charge on any atom is 0.0278 e. The molecular formula is C13H23N3. The number of pyridine rings is 1. The lowest BCUT2D eigenvalue weighted by atomic mass is 10.0. The number of nitrogens with two attached hydrogens (primary N) is 1. The minimum absolute atomic E-state index is 0.0548. The standard InChI is InChI=1S/C13H23N3/c1-4-9-16(13(2,3)11-14)10-12-5-7-15-8-6-12/h5-8H,4,9-11,14H2,1-3H3. The highest BCUT2D eigenvalue weighted by molar-refractivity contribution is 5.10. The molecule has 1 aromatic heterocycles. The van der Waals surface area contributed by atoms with Gasteiger partial charge in [0.2, 0.25) is 0 Å². The molecule has 0 spiro atoms. The highest BCUT2D eigenvalue weighted by Gasteiger charge is 2.24. The molecule has 0 fully saturated rings. The molecule has 1 heterocycles. The van der Waals surface area contributed by atoms with E-state index in [2.05, 4.69) is 42.8 Å². The van der Waals surface area contributed by atoms with E-state index in [9.17, 15) is 0 Å². The zero-order valence-electron chi connectivity index (χ0n) is 10.6. The molecule has 2 N–H and O–H groups in total. The summed E-state index contributed by atoms with van der Waals surface area (Å²) in [5.74, 6) is 0. The minimum atomic E-state index is 0.0548. The van der Waals surface area contributed by atoms with Crippen LogP contribution in [0.4, 0.5) is 0 Å². The van der Waals surface area contributed by atoms with E-state index in [0.29, 0.717) is 6.54 Å². The van der Waals surface area contributed by atoms with Gasteiger partial charge in [-0.2, -0.15) is 0 Å². The van der Waals surface area contributed by atoms with E-state index < -0.39 is 0 Å². The van der Waals surface area contributed by atoms with Crippen LogP contribution >= 0.6 is 0 Å². The summed E-state index contributed by atoms with van der Waals surface area (Å²) in [6.07, 6.45) is 4.83. The molecule has 0 aliphatic rings. The second kappa shape index (κ2) is 5.97. The number of aromatic nitrogens is 1. The molecule has 0 unspecified atom stereocenters. The molecule has 0 saturated heterocycles. The normalized spacial score (nSPS) is 12.1. The molecular weight excluding hydrogens is 198 g/mol. The average Bonchev–Trinajstić information content (AvgIpc) is 2.30. The maximum absolute atomic E-state index is 5.84. The van der Waals surface area contributed by atoms with Crippen molar-refractivity contribution in [3.63, 3.8) is 0 Å². The third-order valence-electron chi connectivity index (χ3n) is 2.97. The Bertz CT molecular complexity index is 295. The predicted octanol–water partition coefficient (Wildman–Crippen LogP) is 2.03. The monoisotopic (exact) mass is 221 g/mol. The molecule has 3 heteroatoms. The minimum Gasteiger partial charge on any atom is -0.329 e. The molecule has 0 aliphatic heterocycles. The summed E-state index contributed by atoms with van der Waals surface area (Å²) in [5, 5.41) is 0. The Morgan fingerprint density at radius 2 is 1.94 bits per heavy atom. The van der Waals surface area contributed by atoms with E-state index >= 15 is 0 Å². The van der Waals surface area contributed by atoms with Crippen molar-refractivity contribution in [2.75, 3.05) is 13.1 Å². The van der Waals surface area contributed by atoms with Gasteiger partial charge < -0.3 is 5.73 Å². The molecule has 0 amide bonds. The fourth-order valence-electron chi connectivity index (χ4n) is 1.70. The first kappa shape index (κ1) is 13.1. The molecule has 1 aromatic rings. The van der Waals surface area contributed by atoms with E-state index in [0.717, 1.165) is 19.5 Å². The van der Waals surface area contributed by atoms with E-state index in [1.807, 2.05) is 12.4 Å². The Balaban J connectivity index is 2.72. The van der Waals surface area contributed by atoms with Gasteiger partial charge in [-0.1, -0.05) is 6.92 Å². The first-order valence-electron chi connectivity index (χ1n) is 5.94. The molecule has 0 aliphatic carbocycles. The van der Waals surface area contributed by atoms with E-state index in [4.69, 9.17) is 5.73 Å². The van der Waals surface area contributed by atoms with Gasteiger partial charge in [0.15, 0.2) is 0 Å². The number of hydrogen-bond acceptors (Lipinski definition) is 3. The molecule has 0 saturated carbocycles. The predicted molar refractivity (Wildman–Crippen MR) is 68.1 cm³/mol. The van der Waals surface area contributed by atoms with Gasteiger partial charge in [-0.15, -0.1) is 0 Å². The van der Waals surface area contributed by atoms with Crippen LogP contribution in [-0.2, 0) is 6.54 Å². The molecule has 0 atom stereocenters. The van der Waals surface area contributed by atoms with Crippen molar-refractivity contribution in [1.29, 1.82) is 0 Å². The quantitative estimate of drug-likeness (QED) is 0.799. The molecule has 16 heavy (non-hydrogen) atoms. The third-order valence-corrected chi connectivity index (χ3v) is 2.97. The third kappa shape index (κ3) is 3.58. The first-order chi connectivity index (χ1) is 7.60. The van der Waals surface area contributed by atoms with E-state index in [-0.39, 0.29) is 5.54 Å². The average molecular weight is 221 g/mol. The summed E-state index contributed by atoms with van der Waals surface area (Å²) >= 11 is 0. The first-order valence-corrected chi connectivity index (χ1v) is 5.94. The smallest absolute Gasteiger partial charge is 0.0278 e. The van der Waals surface area contributed by atoms with E-state index in [1.165, 1.54) is 5.56 Å². The van der Waals surface area contributed by atoms with Crippen LogP contribution in [0.25, 0.3) is 0 Å². The fraction of sp³-hybridized carbons (Fsp3) is 0.615. The number of hydrogen-bond donors (Lipinski definition) is 1. The van der Waals surface area contributed by atoms with Gasteiger partial charge in [-0.05, 0) is 44.5 Å². The molecule has 0 aromatic carbocycles. The molecule has 90 valence electrons. The van der Waals surface area contributed by atoms with Crippen molar-refractivity contribution in [1.82, 2.24) is 9.88 Å². The van der Waals surface area contributed by atoms with Crippen molar-refractivity contribution in [3.8, 4) is 0 Å². The van der Waals surface area contributed by atoms with Crippen LogP contribution in [0.15, 0.2) is 24.5 Å². The fourth-order valence-corrected chi connectivity index (χ4v) is 1.70. The van der Waals surface area contributed by atoms with Gasteiger partial charge in [0.25, 0.3) is 0 Å². The molecule has 0 radical (unpaired) electrons. The zero-order valence-corrected chi connectivity index (χ0v) is 10.6. The van der Waals surface area contributed by atoms with Crippen LogP contribution < -0.4 is 5.73 Å². The summed E-state index contributed by atoms with van der Waals surface area (Å²) in [6, 6.07) is 4.13. The van der Waals surface area contributed by atoms with Crippen LogP contribution in [-0.4, -0.2) is 28.5 Å². The SMILES string of the molecule is CCCN(Cc1ccncc1)C(C)(C)CN. The Kier molecular flexibility index (Phi) is 4.90. The molecule has 1 rings (SSSR count). The van der Waals surface area contributed by atoms with Crippen LogP contribution in [0.3, 0.4) is 0 Å². The number of rotatable bonds is 6. The lowest BCUT2D eigenvalue weighted by molar-refractivity contribution is 0.118. The maximum atomic E-state index is 5.84. The largest absolute Gasteiger partial charge is 0.329 e. The lowest BCUT2D eigenvalue weighted by Gasteiger charge is -2.37. The number of nitrogens with zero attached hydrogens (tertiary/aromatic N) is 2. The van der Waals surface area contributed by atoms with Crippen molar-refractivity contribution in [2.45, 2.75) is 39.3 Å². The van der Waals surface area contributed by atoms with E-state index in [1.54, 1.807) is 0 Å².